The Labute approximate surface area is 124 Å². The van der Waals surface area contributed by atoms with Crippen LogP contribution in [0.3, 0.4) is 0 Å². The number of ketones is 1. The van der Waals surface area contributed by atoms with Crippen LogP contribution in [-0.4, -0.2) is 54.9 Å². The number of Topliss-reactive ketones (excluding diaryl/α,β-unsaturated/α-hetero) is 1. The van der Waals surface area contributed by atoms with Crippen molar-refractivity contribution in [3.63, 3.8) is 0 Å². The van der Waals surface area contributed by atoms with Crippen LogP contribution in [0.4, 0.5) is 0 Å². The highest BCUT2D eigenvalue weighted by molar-refractivity contribution is 6.05. The van der Waals surface area contributed by atoms with Crippen molar-refractivity contribution in [2.45, 2.75) is 26.9 Å². The second-order valence-corrected chi connectivity index (χ2v) is 3.83. The van der Waals surface area contributed by atoms with E-state index in [0.717, 1.165) is 20.8 Å². The molecule has 0 aliphatic rings. The van der Waals surface area contributed by atoms with E-state index in [1.54, 1.807) is 0 Å². The number of rotatable bonds is 7. The summed E-state index contributed by atoms with van der Waals surface area (Å²) in [5.74, 6) is -6.35. The Hall–Kier alpha value is -2.78. The number of carbonyl (C=O) groups is 6. The molecule has 0 aromatic carbocycles. The Bertz CT molecular complexity index is 492. The average Bonchev–Trinajstić information content (AvgIpc) is 2.39. The van der Waals surface area contributed by atoms with Crippen molar-refractivity contribution < 1.29 is 47.7 Å². The quantitative estimate of drug-likeness (QED) is 0.315. The van der Waals surface area contributed by atoms with Gasteiger partial charge in [-0.25, -0.2) is 14.4 Å². The van der Waals surface area contributed by atoms with Crippen molar-refractivity contribution in [2.24, 2.45) is 0 Å². The maximum Gasteiger partial charge on any atom is 0.363 e. The van der Waals surface area contributed by atoms with E-state index in [-0.39, 0.29) is 0 Å². The van der Waals surface area contributed by atoms with Crippen LogP contribution in [0.5, 0.6) is 0 Å². The van der Waals surface area contributed by atoms with E-state index in [9.17, 15) is 28.8 Å². The second-order valence-electron chi connectivity index (χ2n) is 3.83. The lowest BCUT2D eigenvalue weighted by Crippen LogP contribution is -2.38. The molecule has 22 heavy (non-hydrogen) atoms. The van der Waals surface area contributed by atoms with Gasteiger partial charge in [0.1, 0.15) is 0 Å². The molecule has 10 nitrogen and oxygen atoms in total. The highest BCUT2D eigenvalue weighted by atomic mass is 16.6. The monoisotopic (exact) mass is 318 g/mol. The lowest BCUT2D eigenvalue weighted by Gasteiger charge is -2.13. The summed E-state index contributed by atoms with van der Waals surface area (Å²) < 4.78 is 17.2. The topological polar surface area (TPSA) is 139 Å². The van der Waals surface area contributed by atoms with Gasteiger partial charge in [0, 0.05) is 13.8 Å². The van der Waals surface area contributed by atoms with E-state index in [1.165, 1.54) is 0 Å². The molecule has 0 saturated carbocycles. The largest absolute Gasteiger partial charge is 0.454 e. The van der Waals surface area contributed by atoms with E-state index in [1.807, 2.05) is 0 Å². The molecular weight excluding hydrogens is 304 g/mol. The van der Waals surface area contributed by atoms with Crippen LogP contribution in [0, 0.1) is 0 Å². The van der Waals surface area contributed by atoms with Crippen LogP contribution in [0.15, 0.2) is 0 Å². The van der Waals surface area contributed by atoms with E-state index in [4.69, 9.17) is 0 Å². The summed E-state index contributed by atoms with van der Waals surface area (Å²) in [5, 5.41) is 0. The zero-order valence-corrected chi connectivity index (χ0v) is 12.1. The second kappa shape index (κ2) is 9.21. The molecule has 0 aliphatic heterocycles. The zero-order valence-electron chi connectivity index (χ0n) is 12.1. The van der Waals surface area contributed by atoms with Gasteiger partial charge in [-0.1, -0.05) is 0 Å². The summed E-state index contributed by atoms with van der Waals surface area (Å²) in [5.41, 5.74) is 0. The average molecular weight is 318 g/mol. The van der Waals surface area contributed by atoms with Crippen LogP contribution in [0.2, 0.25) is 0 Å². The van der Waals surface area contributed by atoms with Crippen molar-refractivity contribution in [1.29, 1.82) is 0 Å². The first kappa shape index (κ1) is 19.2. The Kier molecular flexibility index (Phi) is 8.05. The van der Waals surface area contributed by atoms with E-state index in [0.29, 0.717) is 0 Å². The van der Waals surface area contributed by atoms with Crippen LogP contribution in [0.1, 0.15) is 20.8 Å². The fraction of sp³-hybridized carbons (Fsp3) is 0.500. The number of hydrogen-bond acceptors (Lipinski definition) is 10. The molecule has 0 bridgehead atoms. The van der Waals surface area contributed by atoms with Gasteiger partial charge in [-0.15, -0.1) is 0 Å². The minimum absolute atomic E-state index is 0.768. The number of hydrogen-bond donors (Lipinski definition) is 0. The van der Waals surface area contributed by atoms with Gasteiger partial charge in [0.2, 0.25) is 0 Å². The first-order valence-corrected chi connectivity index (χ1v) is 5.84. The summed E-state index contributed by atoms with van der Waals surface area (Å²) in [4.78, 5) is 66.1. The molecule has 1 atom stereocenters. The molecule has 0 radical (unpaired) electrons. The van der Waals surface area contributed by atoms with E-state index in [2.05, 4.69) is 18.9 Å². The molecule has 0 aromatic heterocycles. The van der Waals surface area contributed by atoms with Gasteiger partial charge in [-0.05, 0) is 6.92 Å². The summed E-state index contributed by atoms with van der Waals surface area (Å²) in [6, 6.07) is 0. The van der Waals surface area contributed by atoms with Gasteiger partial charge < -0.3 is 18.9 Å². The zero-order chi connectivity index (χ0) is 17.3. The molecule has 0 rings (SSSR count). The molecule has 10 heteroatoms. The fourth-order valence-corrected chi connectivity index (χ4v) is 0.979. The smallest absolute Gasteiger partial charge is 0.363 e. The van der Waals surface area contributed by atoms with Crippen LogP contribution < -0.4 is 0 Å². The molecule has 0 amide bonds. The molecule has 0 N–H and O–H groups in total. The molecule has 0 aromatic rings. The highest BCUT2D eigenvalue weighted by Crippen LogP contribution is 2.00. The lowest BCUT2D eigenvalue weighted by atomic mass is 10.2. The Balaban J connectivity index is 4.54. The minimum Gasteiger partial charge on any atom is -0.454 e. The van der Waals surface area contributed by atoms with Crippen molar-refractivity contribution in [1.82, 2.24) is 0 Å². The van der Waals surface area contributed by atoms with Gasteiger partial charge in [-0.3, -0.25) is 14.4 Å². The Morgan fingerprint density at radius 3 is 1.64 bits per heavy atom. The van der Waals surface area contributed by atoms with Gasteiger partial charge in [0.05, 0.1) is 0 Å². The molecule has 0 aliphatic carbocycles. The third kappa shape index (κ3) is 8.40. The van der Waals surface area contributed by atoms with Gasteiger partial charge in [-0.2, -0.15) is 0 Å². The summed E-state index contributed by atoms with van der Waals surface area (Å²) in [6.45, 7) is 1.34. The molecule has 0 spiro atoms. The molecule has 0 saturated heterocycles. The first-order valence-electron chi connectivity index (χ1n) is 5.84. The molecule has 122 valence electrons. The maximum atomic E-state index is 11.5. The fourth-order valence-electron chi connectivity index (χ4n) is 0.979. The SMILES string of the molecule is CC(=O)OCC(=O)OC(=O)C(OC(=O)COC(C)=O)C(C)=O. The lowest BCUT2D eigenvalue weighted by molar-refractivity contribution is -0.179. The van der Waals surface area contributed by atoms with Gasteiger partial charge in [0.25, 0.3) is 6.10 Å². The molecule has 0 fully saturated rings. The van der Waals surface area contributed by atoms with Crippen molar-refractivity contribution in [3.8, 4) is 0 Å². The van der Waals surface area contributed by atoms with Crippen molar-refractivity contribution in [3.05, 3.63) is 0 Å². The maximum absolute atomic E-state index is 11.5. The molecule has 0 heterocycles. The van der Waals surface area contributed by atoms with Crippen molar-refractivity contribution in [2.75, 3.05) is 13.2 Å². The minimum atomic E-state index is -2.00. The third-order valence-electron chi connectivity index (χ3n) is 1.83. The number of ether oxygens (including phenoxy) is 4. The standard InChI is InChI=1S/C12H14O10/c1-6(13)11(21-9(16)4-19-7(2)14)12(18)22-10(17)5-20-8(3)15/h11H,4-5H2,1-3H3. The van der Waals surface area contributed by atoms with Crippen molar-refractivity contribution >= 4 is 35.6 Å². The molecular formula is C12H14O10. The Morgan fingerprint density at radius 1 is 0.773 bits per heavy atom. The van der Waals surface area contributed by atoms with Gasteiger partial charge in [0.15, 0.2) is 19.0 Å². The third-order valence-corrected chi connectivity index (χ3v) is 1.83. The predicted molar refractivity (Wildman–Crippen MR) is 64.9 cm³/mol. The number of esters is 5. The Morgan fingerprint density at radius 2 is 1.23 bits per heavy atom. The summed E-state index contributed by atoms with van der Waals surface area (Å²) >= 11 is 0. The van der Waals surface area contributed by atoms with Gasteiger partial charge >= 0.3 is 29.8 Å². The van der Waals surface area contributed by atoms with Crippen LogP contribution in [-0.2, 0) is 47.7 Å². The summed E-state index contributed by atoms with van der Waals surface area (Å²) in [6.07, 6.45) is -2.00. The van der Waals surface area contributed by atoms with E-state index < -0.39 is 54.9 Å². The highest BCUT2D eigenvalue weighted by Gasteiger charge is 2.31. The normalized spacial score (nSPS) is 10.9. The summed E-state index contributed by atoms with van der Waals surface area (Å²) in [7, 11) is 0. The molecule has 1 unspecified atom stereocenters. The number of carbonyl (C=O) groups excluding carboxylic acids is 6. The van der Waals surface area contributed by atoms with Crippen LogP contribution >= 0.6 is 0 Å². The van der Waals surface area contributed by atoms with Crippen LogP contribution in [0.25, 0.3) is 0 Å². The van der Waals surface area contributed by atoms with E-state index >= 15 is 0 Å². The predicted octanol–water partition coefficient (Wildman–Crippen LogP) is -1.32. The first-order chi connectivity index (χ1) is 10.1.